The number of rotatable bonds is 4. The van der Waals surface area contributed by atoms with Crippen LogP contribution in [0.2, 0.25) is 0 Å². The number of hydrogen-bond acceptors (Lipinski definition) is 6. The molecule has 0 unspecified atom stereocenters. The summed E-state index contributed by atoms with van der Waals surface area (Å²) in [5.41, 5.74) is 1.48. The summed E-state index contributed by atoms with van der Waals surface area (Å²) >= 11 is 0. The number of nitrogens with zero attached hydrogens (tertiary/aromatic N) is 5. The molecule has 3 heterocycles. The van der Waals surface area contributed by atoms with Crippen molar-refractivity contribution < 1.29 is 9.18 Å². The zero-order chi connectivity index (χ0) is 18.8. The van der Waals surface area contributed by atoms with Crippen molar-refractivity contribution in [2.45, 2.75) is 33.2 Å². The maximum absolute atomic E-state index is 13.6. The van der Waals surface area contributed by atoms with Gasteiger partial charge < -0.3 is 5.32 Å². The summed E-state index contributed by atoms with van der Waals surface area (Å²) in [6, 6.07) is 3.40. The summed E-state index contributed by atoms with van der Waals surface area (Å²) in [5.74, 6) is -1.63. The van der Waals surface area contributed by atoms with Gasteiger partial charge in [-0.2, -0.15) is 5.10 Å². The van der Waals surface area contributed by atoms with E-state index in [1.165, 1.54) is 0 Å². The highest BCUT2D eigenvalue weighted by Crippen LogP contribution is 2.19. The zero-order valence-corrected chi connectivity index (χ0v) is 14.5. The van der Waals surface area contributed by atoms with Gasteiger partial charge in [0, 0.05) is 5.69 Å². The standard InChI is InChI=1S/C17H17FN6O2/c1-9(2)14-15-11(5-4-10(3)21-15)17(26)24(23-14)7-13(25)22-16-12(18)6-19-8-20-16/h4-6,8-9H,7H2,1-3H3,(H,19,20,22,25). The molecule has 0 aliphatic rings. The van der Waals surface area contributed by atoms with E-state index in [9.17, 15) is 14.0 Å². The van der Waals surface area contributed by atoms with Crippen molar-refractivity contribution in [2.75, 3.05) is 5.32 Å². The molecule has 0 bridgehead atoms. The van der Waals surface area contributed by atoms with Crippen LogP contribution in [0.15, 0.2) is 29.5 Å². The zero-order valence-electron chi connectivity index (χ0n) is 14.5. The van der Waals surface area contributed by atoms with E-state index in [0.717, 1.165) is 22.9 Å². The van der Waals surface area contributed by atoms with Crippen LogP contribution >= 0.6 is 0 Å². The SMILES string of the molecule is Cc1ccc2c(=O)n(CC(=O)Nc3ncncc3F)nc(C(C)C)c2n1. The number of anilines is 1. The number of aryl methyl sites for hydroxylation is 1. The quantitative estimate of drug-likeness (QED) is 0.764. The molecule has 3 rings (SSSR count). The fraction of sp³-hybridized carbons (Fsp3) is 0.294. The Bertz CT molecular complexity index is 1050. The van der Waals surface area contributed by atoms with E-state index in [1.54, 1.807) is 12.1 Å². The first-order valence-electron chi connectivity index (χ1n) is 8.00. The lowest BCUT2D eigenvalue weighted by molar-refractivity contribution is -0.117. The third-order valence-corrected chi connectivity index (χ3v) is 3.74. The van der Waals surface area contributed by atoms with E-state index in [-0.39, 0.29) is 18.3 Å². The lowest BCUT2D eigenvalue weighted by Gasteiger charge is -2.13. The average Bonchev–Trinajstić information content (AvgIpc) is 2.59. The molecular formula is C17H17FN6O2. The van der Waals surface area contributed by atoms with E-state index in [0.29, 0.717) is 16.6 Å². The van der Waals surface area contributed by atoms with Crippen molar-refractivity contribution in [3.05, 3.63) is 52.2 Å². The molecule has 1 amide bonds. The van der Waals surface area contributed by atoms with Crippen LogP contribution in [0.25, 0.3) is 10.9 Å². The first kappa shape index (κ1) is 17.6. The minimum absolute atomic E-state index is 0.000944. The van der Waals surface area contributed by atoms with Gasteiger partial charge in [-0.25, -0.2) is 19.0 Å². The Morgan fingerprint density at radius 3 is 2.81 bits per heavy atom. The van der Waals surface area contributed by atoms with Gasteiger partial charge in [0.2, 0.25) is 5.91 Å². The maximum Gasteiger partial charge on any atom is 0.276 e. The minimum Gasteiger partial charge on any atom is -0.307 e. The van der Waals surface area contributed by atoms with Crippen molar-refractivity contribution in [3.8, 4) is 0 Å². The van der Waals surface area contributed by atoms with Gasteiger partial charge in [-0.15, -0.1) is 0 Å². The molecule has 8 nitrogen and oxygen atoms in total. The molecule has 0 aromatic carbocycles. The number of pyridine rings is 1. The monoisotopic (exact) mass is 356 g/mol. The van der Waals surface area contributed by atoms with Crippen molar-refractivity contribution in [3.63, 3.8) is 0 Å². The number of carbonyl (C=O) groups excluding carboxylic acids is 1. The minimum atomic E-state index is -0.762. The molecule has 0 saturated heterocycles. The third-order valence-electron chi connectivity index (χ3n) is 3.74. The maximum atomic E-state index is 13.6. The number of aromatic nitrogens is 5. The number of hydrogen-bond donors (Lipinski definition) is 1. The van der Waals surface area contributed by atoms with Gasteiger partial charge in [0.25, 0.3) is 5.56 Å². The predicted molar refractivity (Wildman–Crippen MR) is 93.2 cm³/mol. The summed E-state index contributed by atoms with van der Waals surface area (Å²) in [7, 11) is 0. The van der Waals surface area contributed by atoms with Gasteiger partial charge in [0.05, 0.1) is 22.8 Å². The topological polar surface area (TPSA) is 103 Å². The van der Waals surface area contributed by atoms with Crippen LogP contribution in [-0.2, 0) is 11.3 Å². The predicted octanol–water partition coefficient (Wildman–Crippen LogP) is 1.79. The van der Waals surface area contributed by atoms with Crippen molar-refractivity contribution in [1.82, 2.24) is 24.7 Å². The first-order valence-corrected chi connectivity index (χ1v) is 8.00. The van der Waals surface area contributed by atoms with Gasteiger partial charge in [0.15, 0.2) is 11.6 Å². The molecule has 3 aromatic heterocycles. The summed E-state index contributed by atoms with van der Waals surface area (Å²) in [6.07, 6.45) is 2.05. The molecule has 1 N–H and O–H groups in total. The van der Waals surface area contributed by atoms with Crippen LogP contribution in [-0.4, -0.2) is 30.6 Å². The Kier molecular flexibility index (Phi) is 4.70. The van der Waals surface area contributed by atoms with Crippen LogP contribution in [0.5, 0.6) is 0 Å². The Morgan fingerprint density at radius 2 is 2.12 bits per heavy atom. The van der Waals surface area contributed by atoms with Crippen molar-refractivity contribution in [1.29, 1.82) is 0 Å². The second-order valence-corrected chi connectivity index (χ2v) is 6.12. The summed E-state index contributed by atoms with van der Waals surface area (Å²) in [6.45, 7) is 5.32. The Morgan fingerprint density at radius 1 is 1.35 bits per heavy atom. The number of nitrogens with one attached hydrogen (secondary N) is 1. The smallest absolute Gasteiger partial charge is 0.276 e. The molecule has 3 aromatic rings. The van der Waals surface area contributed by atoms with Crippen LogP contribution < -0.4 is 10.9 Å². The van der Waals surface area contributed by atoms with Gasteiger partial charge >= 0.3 is 0 Å². The number of halogens is 1. The molecule has 0 aliphatic carbocycles. The van der Waals surface area contributed by atoms with E-state index in [4.69, 9.17) is 0 Å². The van der Waals surface area contributed by atoms with Gasteiger partial charge in [-0.05, 0) is 25.0 Å². The van der Waals surface area contributed by atoms with Crippen LogP contribution in [0.1, 0.15) is 31.2 Å². The molecule has 0 radical (unpaired) electrons. The molecule has 0 fully saturated rings. The molecule has 0 saturated carbocycles. The molecule has 9 heteroatoms. The lowest BCUT2D eigenvalue weighted by Crippen LogP contribution is -2.31. The second-order valence-electron chi connectivity index (χ2n) is 6.12. The Labute approximate surface area is 148 Å². The van der Waals surface area contributed by atoms with Gasteiger partial charge in [0.1, 0.15) is 12.9 Å². The largest absolute Gasteiger partial charge is 0.307 e. The fourth-order valence-corrected chi connectivity index (χ4v) is 2.49. The van der Waals surface area contributed by atoms with E-state index in [2.05, 4.69) is 25.4 Å². The average molecular weight is 356 g/mol. The van der Waals surface area contributed by atoms with Crippen LogP contribution in [0.4, 0.5) is 10.2 Å². The summed E-state index contributed by atoms with van der Waals surface area (Å²) in [5, 5.41) is 7.00. The fourth-order valence-electron chi connectivity index (χ4n) is 2.49. The number of amides is 1. The molecular weight excluding hydrogens is 339 g/mol. The number of fused-ring (bicyclic) bond motifs is 1. The normalized spacial score (nSPS) is 11.1. The second kappa shape index (κ2) is 6.95. The Hall–Kier alpha value is -3.23. The molecule has 26 heavy (non-hydrogen) atoms. The van der Waals surface area contributed by atoms with Gasteiger partial charge in [-0.3, -0.25) is 14.6 Å². The highest BCUT2D eigenvalue weighted by atomic mass is 19.1. The van der Waals surface area contributed by atoms with Crippen molar-refractivity contribution >= 4 is 22.6 Å². The van der Waals surface area contributed by atoms with E-state index < -0.39 is 17.3 Å². The first-order chi connectivity index (χ1) is 12.4. The molecule has 0 spiro atoms. The highest BCUT2D eigenvalue weighted by molar-refractivity contribution is 5.89. The molecule has 134 valence electrons. The third kappa shape index (κ3) is 3.41. The van der Waals surface area contributed by atoms with Gasteiger partial charge in [-0.1, -0.05) is 13.8 Å². The Balaban J connectivity index is 1.99. The van der Waals surface area contributed by atoms with E-state index >= 15 is 0 Å². The number of carbonyl (C=O) groups is 1. The van der Waals surface area contributed by atoms with E-state index in [1.807, 2.05) is 20.8 Å². The van der Waals surface area contributed by atoms with Crippen LogP contribution in [0.3, 0.4) is 0 Å². The summed E-state index contributed by atoms with van der Waals surface area (Å²) in [4.78, 5) is 36.4. The summed E-state index contributed by atoms with van der Waals surface area (Å²) < 4.78 is 14.6. The van der Waals surface area contributed by atoms with Crippen molar-refractivity contribution in [2.24, 2.45) is 0 Å². The highest BCUT2D eigenvalue weighted by Gasteiger charge is 2.17. The lowest BCUT2D eigenvalue weighted by atomic mass is 10.1. The van der Waals surface area contributed by atoms with Crippen LogP contribution in [0, 0.1) is 12.7 Å². The molecule has 0 aliphatic heterocycles. The molecule has 0 atom stereocenters.